The van der Waals surface area contributed by atoms with E-state index in [1.54, 1.807) is 0 Å². The summed E-state index contributed by atoms with van der Waals surface area (Å²) in [5.41, 5.74) is -0.285. The van der Waals surface area contributed by atoms with Crippen molar-refractivity contribution < 1.29 is 19.0 Å². The van der Waals surface area contributed by atoms with Crippen LogP contribution in [0.5, 0.6) is 0 Å². The fourth-order valence-corrected chi connectivity index (χ4v) is 6.46. The Balaban J connectivity index is 1.21. The molecule has 1 aliphatic heterocycles. The first-order valence-electron chi connectivity index (χ1n) is 9.18. The quantitative estimate of drug-likeness (QED) is 0.257. The highest BCUT2D eigenvalue weighted by molar-refractivity contribution is 5.77. The van der Waals surface area contributed by atoms with E-state index in [1.807, 2.05) is 0 Å². The Bertz CT molecular complexity index is 539. The maximum atomic E-state index is 12.7. The Kier molecular flexibility index (Phi) is 3.18. The van der Waals surface area contributed by atoms with E-state index in [1.165, 1.54) is 12.8 Å². The highest BCUT2D eigenvalue weighted by Gasteiger charge is 2.67. The van der Waals surface area contributed by atoms with Crippen molar-refractivity contribution in [1.29, 1.82) is 0 Å². The molecule has 4 heteroatoms. The molecule has 0 aromatic heterocycles. The van der Waals surface area contributed by atoms with Gasteiger partial charge in [0.25, 0.3) is 0 Å². The van der Waals surface area contributed by atoms with Crippen LogP contribution in [0.2, 0.25) is 0 Å². The second-order valence-corrected chi connectivity index (χ2v) is 8.65. The summed E-state index contributed by atoms with van der Waals surface area (Å²) in [6.45, 7) is 4.42. The normalized spacial score (nSPS) is 49.4. The van der Waals surface area contributed by atoms with Gasteiger partial charge in [0, 0.05) is 5.92 Å². The summed E-state index contributed by atoms with van der Waals surface area (Å²) in [7, 11) is 0. The summed E-state index contributed by atoms with van der Waals surface area (Å²) in [5, 5.41) is 0. The van der Waals surface area contributed by atoms with E-state index in [0.29, 0.717) is 18.4 Å². The number of hydrogen-bond acceptors (Lipinski definition) is 4. The zero-order chi connectivity index (χ0) is 15.6. The van der Waals surface area contributed by atoms with E-state index in [-0.39, 0.29) is 18.2 Å². The highest BCUT2D eigenvalue weighted by Crippen LogP contribution is 2.70. The Labute approximate surface area is 137 Å². The number of carbonyl (C=O) groups is 1. The molecular formula is C19H26O4. The van der Waals surface area contributed by atoms with E-state index in [0.717, 1.165) is 49.2 Å². The highest BCUT2D eigenvalue weighted by atomic mass is 16.7. The topological polar surface area (TPSA) is 44.8 Å². The summed E-state index contributed by atoms with van der Waals surface area (Å²) >= 11 is 0. The van der Waals surface area contributed by atoms with Gasteiger partial charge in [0.2, 0.25) is 0 Å². The van der Waals surface area contributed by atoms with Crippen LogP contribution in [0.3, 0.4) is 0 Å². The van der Waals surface area contributed by atoms with E-state index in [4.69, 9.17) is 14.2 Å². The van der Waals surface area contributed by atoms with Crippen LogP contribution >= 0.6 is 0 Å². The Morgan fingerprint density at radius 2 is 2.00 bits per heavy atom. The van der Waals surface area contributed by atoms with Crippen molar-refractivity contribution in [2.75, 3.05) is 26.6 Å². The molecule has 0 N–H and O–H groups in total. The van der Waals surface area contributed by atoms with Crippen molar-refractivity contribution in [2.45, 2.75) is 26.2 Å². The van der Waals surface area contributed by atoms with Crippen molar-refractivity contribution in [1.82, 2.24) is 0 Å². The van der Waals surface area contributed by atoms with Crippen molar-refractivity contribution in [3.63, 3.8) is 0 Å². The van der Waals surface area contributed by atoms with Crippen molar-refractivity contribution in [3.8, 4) is 0 Å². The van der Waals surface area contributed by atoms with E-state index in [9.17, 15) is 4.79 Å². The first kappa shape index (κ1) is 14.5. The van der Waals surface area contributed by atoms with Crippen LogP contribution in [0, 0.1) is 46.8 Å². The van der Waals surface area contributed by atoms with Crippen molar-refractivity contribution in [3.05, 3.63) is 12.2 Å². The Morgan fingerprint density at radius 3 is 2.74 bits per heavy atom. The first-order chi connectivity index (χ1) is 11.2. The van der Waals surface area contributed by atoms with E-state index >= 15 is 0 Å². The summed E-state index contributed by atoms with van der Waals surface area (Å²) < 4.78 is 16.1. The van der Waals surface area contributed by atoms with Gasteiger partial charge in [0.05, 0.1) is 25.2 Å². The van der Waals surface area contributed by atoms with Crippen molar-refractivity contribution >= 4 is 5.97 Å². The number of fused-ring (bicyclic) bond motifs is 9. The second-order valence-electron chi connectivity index (χ2n) is 8.65. The SMILES string of the molecule is CC1(C(=O)OCOCC2COC2)CC2CC1C1C3C=CC(C3)C21. The maximum Gasteiger partial charge on any atom is 0.314 e. The molecule has 0 spiro atoms. The molecule has 0 aromatic carbocycles. The summed E-state index contributed by atoms with van der Waals surface area (Å²) in [6.07, 6.45) is 8.45. The molecule has 126 valence electrons. The molecule has 4 bridgehead atoms. The number of ether oxygens (including phenoxy) is 3. The monoisotopic (exact) mass is 318 g/mol. The van der Waals surface area contributed by atoms with Gasteiger partial charge < -0.3 is 14.2 Å². The predicted octanol–water partition coefficient (Wildman–Crippen LogP) is 2.63. The van der Waals surface area contributed by atoms with Gasteiger partial charge in [-0.25, -0.2) is 0 Å². The van der Waals surface area contributed by atoms with Gasteiger partial charge in [-0.05, 0) is 61.7 Å². The third kappa shape index (κ3) is 2.00. The summed E-state index contributed by atoms with van der Waals surface area (Å²) in [5.74, 6) is 4.81. The number of rotatable bonds is 5. The van der Waals surface area contributed by atoms with Crippen molar-refractivity contribution in [2.24, 2.45) is 46.8 Å². The summed E-state index contributed by atoms with van der Waals surface area (Å²) in [4.78, 5) is 12.7. The molecule has 7 unspecified atom stereocenters. The molecule has 5 rings (SSSR count). The molecule has 1 heterocycles. The molecule has 23 heavy (non-hydrogen) atoms. The summed E-state index contributed by atoms with van der Waals surface area (Å²) in [6, 6.07) is 0. The molecular weight excluding hydrogens is 292 g/mol. The molecule has 7 atom stereocenters. The minimum atomic E-state index is -0.285. The number of carbonyl (C=O) groups excluding carboxylic acids is 1. The standard InChI is InChI=1S/C19H26O4/c1-19(18(20)23-10-22-9-11-7-21-8-11)6-14-5-15(19)17-13-3-2-12(4-13)16(14)17/h2-3,11-17H,4-10H2,1H3. The average Bonchev–Trinajstić information content (AvgIpc) is 3.22. The van der Waals surface area contributed by atoms with Gasteiger partial charge in [0.15, 0.2) is 6.79 Å². The minimum Gasteiger partial charge on any atom is -0.438 e. The fourth-order valence-electron chi connectivity index (χ4n) is 6.46. The van der Waals surface area contributed by atoms with Gasteiger partial charge >= 0.3 is 5.97 Å². The van der Waals surface area contributed by atoms with E-state index in [2.05, 4.69) is 19.1 Å². The van der Waals surface area contributed by atoms with Crippen LogP contribution in [0.1, 0.15) is 26.2 Å². The molecule has 0 radical (unpaired) electrons. The fraction of sp³-hybridized carbons (Fsp3) is 0.842. The average molecular weight is 318 g/mol. The molecule has 1 saturated heterocycles. The second kappa shape index (κ2) is 5.06. The first-order valence-corrected chi connectivity index (χ1v) is 9.18. The smallest absolute Gasteiger partial charge is 0.314 e. The third-order valence-electron chi connectivity index (χ3n) is 7.45. The van der Waals surface area contributed by atoms with Gasteiger partial charge in [-0.15, -0.1) is 0 Å². The van der Waals surface area contributed by atoms with Gasteiger partial charge in [-0.3, -0.25) is 4.79 Å². The van der Waals surface area contributed by atoms with E-state index < -0.39 is 0 Å². The van der Waals surface area contributed by atoms with Crippen LogP contribution < -0.4 is 0 Å². The molecule has 4 fully saturated rings. The largest absolute Gasteiger partial charge is 0.438 e. The third-order valence-corrected chi connectivity index (χ3v) is 7.45. The predicted molar refractivity (Wildman–Crippen MR) is 83.3 cm³/mol. The molecule has 5 aliphatic rings. The Hall–Kier alpha value is -0.870. The number of esters is 1. The van der Waals surface area contributed by atoms with Gasteiger partial charge in [-0.1, -0.05) is 12.2 Å². The zero-order valence-electron chi connectivity index (χ0n) is 13.8. The Morgan fingerprint density at radius 1 is 1.22 bits per heavy atom. The zero-order valence-corrected chi connectivity index (χ0v) is 13.8. The lowest BCUT2D eigenvalue weighted by Gasteiger charge is -2.41. The molecule has 3 saturated carbocycles. The van der Waals surface area contributed by atoms with Crippen LogP contribution in [0.15, 0.2) is 12.2 Å². The number of allylic oxidation sites excluding steroid dienone is 2. The molecule has 4 aliphatic carbocycles. The minimum absolute atomic E-state index is 0.0277. The van der Waals surface area contributed by atoms with Gasteiger partial charge in [0.1, 0.15) is 0 Å². The van der Waals surface area contributed by atoms with Crippen LogP contribution in [0.4, 0.5) is 0 Å². The lowest BCUT2D eigenvalue weighted by Crippen LogP contribution is -2.43. The maximum absolute atomic E-state index is 12.7. The van der Waals surface area contributed by atoms with Gasteiger partial charge in [-0.2, -0.15) is 0 Å². The molecule has 0 aromatic rings. The molecule has 0 amide bonds. The van der Waals surface area contributed by atoms with Crippen LogP contribution in [-0.2, 0) is 19.0 Å². The van der Waals surface area contributed by atoms with Crippen LogP contribution in [-0.4, -0.2) is 32.6 Å². The lowest BCUT2D eigenvalue weighted by molar-refractivity contribution is -0.177. The van der Waals surface area contributed by atoms with Crippen LogP contribution in [0.25, 0.3) is 0 Å². The lowest BCUT2D eigenvalue weighted by atomic mass is 9.63. The molecule has 4 nitrogen and oxygen atoms in total. The number of hydrogen-bond donors (Lipinski definition) is 0.